The summed E-state index contributed by atoms with van der Waals surface area (Å²) in [4.78, 5) is 0. The van der Waals surface area contributed by atoms with E-state index in [1.165, 1.54) is 0 Å². The maximum absolute atomic E-state index is 10.7. The Hall–Kier alpha value is 0.870. The molecule has 4 nitrogen and oxygen atoms in total. The molecule has 1 rings (SSSR count). The summed E-state index contributed by atoms with van der Waals surface area (Å²) in [7, 11) is -4.20. The monoisotopic (exact) mass is 229 g/mol. The molecule has 0 N–H and O–H groups in total. The average molecular weight is 229 g/mol. The minimum atomic E-state index is -4.20. The van der Waals surface area contributed by atoms with Gasteiger partial charge in [-0.25, -0.2) is 12.7 Å². The van der Waals surface area contributed by atoms with Gasteiger partial charge in [0.1, 0.15) is 0 Å². The molecule has 1 aliphatic heterocycles. The van der Waals surface area contributed by atoms with Crippen LogP contribution in [-0.2, 0) is 10.3 Å². The van der Waals surface area contributed by atoms with Crippen molar-refractivity contribution >= 4 is 10.3 Å². The van der Waals surface area contributed by atoms with Crippen LogP contribution in [0.5, 0.6) is 0 Å². The number of hydrogen-bond acceptors (Lipinski definition) is 3. The summed E-state index contributed by atoms with van der Waals surface area (Å²) in [6, 6.07) is 0. The van der Waals surface area contributed by atoms with E-state index in [1.807, 2.05) is 0 Å². The van der Waals surface area contributed by atoms with Gasteiger partial charge in [0.15, 0.2) is 10.3 Å². The van der Waals surface area contributed by atoms with Crippen molar-refractivity contribution in [3.63, 3.8) is 0 Å². The Kier molecular flexibility index (Phi) is 7.64. The van der Waals surface area contributed by atoms with Crippen LogP contribution < -0.4 is 29.6 Å². The second-order valence-electron chi connectivity index (χ2n) is 3.48. The summed E-state index contributed by atoms with van der Waals surface area (Å²) in [5.41, 5.74) is 0. The molecule has 0 saturated carbocycles. The van der Waals surface area contributed by atoms with Crippen LogP contribution in [0.1, 0.15) is 38.5 Å². The Labute approximate surface area is 108 Å². The first-order chi connectivity index (χ1) is 6.11. The Balaban J connectivity index is 0.00000169. The maximum atomic E-state index is 10.7. The number of hydrogen-bond donors (Lipinski definition) is 0. The number of nitrogens with zero attached hydrogens (tertiary/aromatic N) is 1. The van der Waals surface area contributed by atoms with E-state index < -0.39 is 10.3 Å². The molecule has 78 valence electrons. The first kappa shape index (κ1) is 14.9. The molecular weight excluding hydrogens is 213 g/mol. The smallest absolute Gasteiger partial charge is 0.735 e. The molecule has 0 aliphatic carbocycles. The molecule has 1 saturated heterocycles. The Morgan fingerprint density at radius 2 is 1.21 bits per heavy atom. The van der Waals surface area contributed by atoms with E-state index in [0.717, 1.165) is 42.8 Å². The fraction of sp³-hybridized carbons (Fsp3) is 1.00. The quantitative estimate of drug-likeness (QED) is 0.390. The largest absolute Gasteiger partial charge is 1.00 e. The molecule has 0 aromatic carbocycles. The van der Waals surface area contributed by atoms with E-state index in [2.05, 4.69) is 0 Å². The third-order valence-corrected chi connectivity index (χ3v) is 3.38. The zero-order valence-electron chi connectivity index (χ0n) is 8.74. The van der Waals surface area contributed by atoms with Crippen molar-refractivity contribution in [1.82, 2.24) is 4.31 Å². The van der Waals surface area contributed by atoms with Crippen LogP contribution in [0.2, 0.25) is 0 Å². The van der Waals surface area contributed by atoms with Crippen LogP contribution in [-0.4, -0.2) is 30.4 Å². The Morgan fingerprint density at radius 3 is 1.57 bits per heavy atom. The molecular formula is C8H16NNaO3S. The molecule has 0 aromatic heterocycles. The standard InChI is InChI=1S/C8H17NO3S.Na/c10-13(11,12)9-7-5-3-1-2-4-6-8-9;/h1-8H2,(H,10,11,12);/q;+1/p-1. The minimum absolute atomic E-state index is 0. The molecule has 1 fully saturated rings. The summed E-state index contributed by atoms with van der Waals surface area (Å²) in [6.07, 6.45) is 6.03. The normalized spacial score (nSPS) is 21.5. The first-order valence-electron chi connectivity index (χ1n) is 4.82. The van der Waals surface area contributed by atoms with Gasteiger partial charge in [-0.15, -0.1) is 0 Å². The van der Waals surface area contributed by atoms with Gasteiger partial charge in [-0.1, -0.05) is 25.7 Å². The Morgan fingerprint density at radius 1 is 0.857 bits per heavy atom. The van der Waals surface area contributed by atoms with Crippen LogP contribution >= 0.6 is 0 Å². The molecule has 0 radical (unpaired) electrons. The summed E-state index contributed by atoms with van der Waals surface area (Å²) in [5.74, 6) is 0. The average Bonchev–Trinajstić information content (AvgIpc) is 2.14. The van der Waals surface area contributed by atoms with Crippen molar-refractivity contribution in [2.45, 2.75) is 38.5 Å². The second-order valence-corrected chi connectivity index (χ2v) is 4.85. The van der Waals surface area contributed by atoms with Crippen LogP contribution in [0.4, 0.5) is 0 Å². The van der Waals surface area contributed by atoms with E-state index in [0.29, 0.717) is 13.1 Å². The van der Waals surface area contributed by atoms with Gasteiger partial charge >= 0.3 is 29.6 Å². The van der Waals surface area contributed by atoms with Crippen LogP contribution in [0, 0.1) is 0 Å². The van der Waals surface area contributed by atoms with Gasteiger partial charge in [-0.3, -0.25) is 0 Å². The maximum Gasteiger partial charge on any atom is 1.00 e. The summed E-state index contributed by atoms with van der Waals surface area (Å²) >= 11 is 0. The van der Waals surface area contributed by atoms with Gasteiger partial charge < -0.3 is 4.55 Å². The molecule has 0 unspecified atom stereocenters. The van der Waals surface area contributed by atoms with Gasteiger partial charge in [0, 0.05) is 13.1 Å². The third-order valence-electron chi connectivity index (χ3n) is 2.38. The summed E-state index contributed by atoms with van der Waals surface area (Å²) < 4.78 is 33.3. The van der Waals surface area contributed by atoms with Gasteiger partial charge in [0.2, 0.25) is 0 Å². The predicted octanol–water partition coefficient (Wildman–Crippen LogP) is -1.89. The molecule has 6 heteroatoms. The van der Waals surface area contributed by atoms with Crippen LogP contribution in [0.25, 0.3) is 0 Å². The van der Waals surface area contributed by atoms with Gasteiger partial charge in [-0.2, -0.15) is 0 Å². The summed E-state index contributed by atoms with van der Waals surface area (Å²) in [5, 5.41) is 0. The third kappa shape index (κ3) is 5.68. The predicted molar refractivity (Wildman–Crippen MR) is 49.0 cm³/mol. The molecule has 14 heavy (non-hydrogen) atoms. The van der Waals surface area contributed by atoms with E-state index in [4.69, 9.17) is 0 Å². The van der Waals surface area contributed by atoms with Gasteiger partial charge in [0.05, 0.1) is 0 Å². The van der Waals surface area contributed by atoms with E-state index in [9.17, 15) is 13.0 Å². The van der Waals surface area contributed by atoms with Gasteiger partial charge in [0.25, 0.3) is 0 Å². The number of rotatable bonds is 1. The molecule has 0 bridgehead atoms. The van der Waals surface area contributed by atoms with Crippen molar-refractivity contribution in [3.8, 4) is 0 Å². The first-order valence-corrected chi connectivity index (χ1v) is 6.18. The fourth-order valence-electron chi connectivity index (χ4n) is 1.62. The van der Waals surface area contributed by atoms with Gasteiger partial charge in [-0.05, 0) is 12.8 Å². The molecule has 1 heterocycles. The zero-order valence-corrected chi connectivity index (χ0v) is 11.6. The van der Waals surface area contributed by atoms with Crippen LogP contribution in [0.15, 0.2) is 0 Å². The van der Waals surface area contributed by atoms with E-state index >= 15 is 0 Å². The Bertz CT molecular complexity index is 233. The topological polar surface area (TPSA) is 60.4 Å². The summed E-state index contributed by atoms with van der Waals surface area (Å²) in [6.45, 7) is 0.817. The molecule has 0 spiro atoms. The van der Waals surface area contributed by atoms with Crippen molar-refractivity contribution in [2.24, 2.45) is 0 Å². The van der Waals surface area contributed by atoms with E-state index in [1.54, 1.807) is 0 Å². The van der Waals surface area contributed by atoms with Crippen LogP contribution in [0.3, 0.4) is 0 Å². The SMILES string of the molecule is O=S(=O)([O-])N1CCCCCCCC1.[Na+]. The fourth-order valence-corrected chi connectivity index (χ4v) is 2.32. The van der Waals surface area contributed by atoms with E-state index in [-0.39, 0.29) is 29.6 Å². The van der Waals surface area contributed by atoms with Crippen molar-refractivity contribution in [2.75, 3.05) is 13.1 Å². The zero-order chi connectivity index (χ0) is 9.73. The molecule has 1 aliphatic rings. The second kappa shape index (κ2) is 7.19. The molecule has 0 aromatic rings. The van der Waals surface area contributed by atoms with Crippen molar-refractivity contribution < 1.29 is 42.5 Å². The van der Waals surface area contributed by atoms with Crippen molar-refractivity contribution in [3.05, 3.63) is 0 Å². The van der Waals surface area contributed by atoms with Crippen molar-refractivity contribution in [1.29, 1.82) is 0 Å². The molecule has 0 amide bonds. The molecule has 0 atom stereocenters. The minimum Gasteiger partial charge on any atom is -0.735 e.